The van der Waals surface area contributed by atoms with Crippen molar-refractivity contribution in [2.75, 3.05) is 52.9 Å². The molecular formula is C23H38IN5O2. The Bertz CT molecular complexity index is 703. The van der Waals surface area contributed by atoms with Crippen LogP contribution in [0.25, 0.3) is 0 Å². The van der Waals surface area contributed by atoms with Crippen molar-refractivity contribution < 1.29 is 9.53 Å². The molecule has 2 saturated heterocycles. The molecule has 0 aliphatic carbocycles. The number of carbonyl (C=O) groups is 1. The van der Waals surface area contributed by atoms with E-state index < -0.39 is 0 Å². The van der Waals surface area contributed by atoms with Crippen molar-refractivity contribution in [3.63, 3.8) is 0 Å². The Morgan fingerprint density at radius 2 is 1.74 bits per heavy atom. The molecule has 1 aromatic carbocycles. The molecule has 0 aromatic heterocycles. The number of carbonyl (C=O) groups excluding carboxylic acids is 1. The maximum Gasteiger partial charge on any atom is 0.244 e. The molecule has 2 aliphatic heterocycles. The van der Waals surface area contributed by atoms with Crippen LogP contribution in [-0.2, 0) is 4.79 Å². The molecule has 174 valence electrons. The first-order chi connectivity index (χ1) is 14.7. The molecule has 7 nitrogen and oxygen atoms in total. The third-order valence-electron chi connectivity index (χ3n) is 5.97. The highest BCUT2D eigenvalue weighted by molar-refractivity contribution is 14.0. The molecule has 0 spiro atoms. The maximum atomic E-state index is 12.4. The van der Waals surface area contributed by atoms with Gasteiger partial charge in [-0.1, -0.05) is 24.6 Å². The van der Waals surface area contributed by atoms with Crippen LogP contribution < -0.4 is 15.4 Å². The third kappa shape index (κ3) is 7.52. The summed E-state index contributed by atoms with van der Waals surface area (Å²) in [5.74, 6) is 1.73. The summed E-state index contributed by atoms with van der Waals surface area (Å²) in [6, 6.07) is 8.46. The van der Waals surface area contributed by atoms with E-state index in [0.717, 1.165) is 51.3 Å². The predicted octanol–water partition coefficient (Wildman–Crippen LogP) is 3.02. The average molecular weight is 543 g/mol. The lowest BCUT2D eigenvalue weighted by Crippen LogP contribution is -2.45. The van der Waals surface area contributed by atoms with Gasteiger partial charge in [0.05, 0.1) is 13.2 Å². The number of rotatable bonds is 8. The highest BCUT2D eigenvalue weighted by atomic mass is 127. The molecule has 1 unspecified atom stereocenters. The summed E-state index contributed by atoms with van der Waals surface area (Å²) >= 11 is 0. The Labute approximate surface area is 204 Å². The lowest BCUT2D eigenvalue weighted by atomic mass is 10.0. The first-order valence-corrected chi connectivity index (χ1v) is 11.4. The van der Waals surface area contributed by atoms with Crippen molar-refractivity contribution in [3.05, 3.63) is 29.8 Å². The summed E-state index contributed by atoms with van der Waals surface area (Å²) in [6.07, 6.45) is 5.95. The van der Waals surface area contributed by atoms with E-state index >= 15 is 0 Å². The van der Waals surface area contributed by atoms with Crippen molar-refractivity contribution in [1.82, 2.24) is 20.4 Å². The van der Waals surface area contributed by atoms with Crippen LogP contribution in [0.15, 0.2) is 29.3 Å². The van der Waals surface area contributed by atoms with Gasteiger partial charge in [-0.3, -0.25) is 9.69 Å². The van der Waals surface area contributed by atoms with Crippen molar-refractivity contribution in [2.24, 2.45) is 4.99 Å². The van der Waals surface area contributed by atoms with Crippen LogP contribution in [0.2, 0.25) is 0 Å². The summed E-state index contributed by atoms with van der Waals surface area (Å²) in [7, 11) is 1.73. The van der Waals surface area contributed by atoms with Gasteiger partial charge in [0, 0.05) is 31.7 Å². The largest absolute Gasteiger partial charge is 0.496 e. The number of methoxy groups -OCH3 is 1. The topological polar surface area (TPSA) is 69.2 Å². The molecule has 31 heavy (non-hydrogen) atoms. The SMILES string of the molecule is CCNC(=NCC(=O)N1CCCC1)NCC(c1ccccc1OC)N1CCCCC1.I. The molecule has 2 aliphatic rings. The standard InChI is InChI=1S/C23H37N5O2.HI/c1-3-24-23(26-18-22(29)28-15-9-10-16-28)25-17-20(27-13-7-4-8-14-27)19-11-5-6-12-21(19)30-2;/h5-6,11-12,20H,3-4,7-10,13-18H2,1-2H3,(H2,24,25,26);1H. The van der Waals surface area contributed by atoms with Gasteiger partial charge in [0.25, 0.3) is 0 Å². The Morgan fingerprint density at radius 1 is 1.06 bits per heavy atom. The Hall–Kier alpha value is -1.55. The number of hydrogen-bond acceptors (Lipinski definition) is 4. The fraction of sp³-hybridized carbons (Fsp3) is 0.652. The van der Waals surface area contributed by atoms with E-state index in [0.29, 0.717) is 12.5 Å². The minimum atomic E-state index is 0. The maximum absolute atomic E-state index is 12.4. The van der Waals surface area contributed by atoms with E-state index in [-0.39, 0.29) is 42.5 Å². The summed E-state index contributed by atoms with van der Waals surface area (Å²) in [4.78, 5) is 21.4. The Balaban J connectivity index is 0.00000341. The number of benzene rings is 1. The molecule has 2 N–H and O–H groups in total. The lowest BCUT2D eigenvalue weighted by molar-refractivity contribution is -0.128. The second-order valence-corrected chi connectivity index (χ2v) is 8.02. The van der Waals surface area contributed by atoms with Crippen molar-refractivity contribution >= 4 is 35.8 Å². The zero-order valence-electron chi connectivity index (χ0n) is 18.9. The van der Waals surface area contributed by atoms with Gasteiger partial charge in [0.1, 0.15) is 12.3 Å². The van der Waals surface area contributed by atoms with Gasteiger partial charge < -0.3 is 20.3 Å². The van der Waals surface area contributed by atoms with E-state index in [4.69, 9.17) is 4.74 Å². The molecule has 1 amide bonds. The van der Waals surface area contributed by atoms with Gasteiger partial charge in [-0.25, -0.2) is 4.99 Å². The van der Waals surface area contributed by atoms with Gasteiger partial charge in [-0.15, -0.1) is 24.0 Å². The van der Waals surface area contributed by atoms with Crippen molar-refractivity contribution in [1.29, 1.82) is 0 Å². The van der Waals surface area contributed by atoms with Gasteiger partial charge in [0.2, 0.25) is 5.91 Å². The van der Waals surface area contributed by atoms with Crippen LogP contribution in [0.1, 0.15) is 50.6 Å². The summed E-state index contributed by atoms with van der Waals surface area (Å²) in [5, 5.41) is 6.77. The van der Waals surface area contributed by atoms with E-state index in [2.05, 4.69) is 32.7 Å². The lowest BCUT2D eigenvalue weighted by Gasteiger charge is -2.35. The van der Waals surface area contributed by atoms with Gasteiger partial charge in [0.15, 0.2) is 5.96 Å². The number of halogens is 1. The smallest absolute Gasteiger partial charge is 0.244 e. The van der Waals surface area contributed by atoms with E-state index in [1.807, 2.05) is 24.0 Å². The zero-order chi connectivity index (χ0) is 21.2. The van der Waals surface area contributed by atoms with Crippen LogP contribution in [0.4, 0.5) is 0 Å². The van der Waals surface area contributed by atoms with Crippen molar-refractivity contribution in [3.8, 4) is 5.75 Å². The Kier molecular flexibility index (Phi) is 11.4. The van der Waals surface area contributed by atoms with Gasteiger partial charge in [-0.2, -0.15) is 0 Å². The van der Waals surface area contributed by atoms with Gasteiger partial charge in [-0.05, 0) is 51.8 Å². The number of ether oxygens (including phenoxy) is 1. The van der Waals surface area contributed by atoms with Crippen LogP contribution >= 0.6 is 24.0 Å². The monoisotopic (exact) mass is 543 g/mol. The number of piperidine rings is 1. The number of hydrogen-bond donors (Lipinski definition) is 2. The molecular weight excluding hydrogens is 505 g/mol. The number of para-hydroxylation sites is 1. The molecule has 2 fully saturated rings. The molecule has 2 heterocycles. The predicted molar refractivity (Wildman–Crippen MR) is 136 cm³/mol. The van der Waals surface area contributed by atoms with Crippen LogP contribution in [0.3, 0.4) is 0 Å². The first kappa shape index (κ1) is 25.7. The minimum Gasteiger partial charge on any atom is -0.496 e. The number of aliphatic imine (C=N–C) groups is 1. The third-order valence-corrected chi connectivity index (χ3v) is 5.97. The molecule has 1 aromatic rings. The second-order valence-electron chi connectivity index (χ2n) is 8.02. The molecule has 0 saturated carbocycles. The molecule has 3 rings (SSSR count). The minimum absolute atomic E-state index is 0. The highest BCUT2D eigenvalue weighted by Gasteiger charge is 2.25. The van der Waals surface area contributed by atoms with Gasteiger partial charge >= 0.3 is 0 Å². The van der Waals surface area contributed by atoms with Crippen LogP contribution in [0, 0.1) is 0 Å². The number of nitrogens with one attached hydrogen (secondary N) is 2. The number of amides is 1. The fourth-order valence-corrected chi connectivity index (χ4v) is 4.36. The molecule has 0 radical (unpaired) electrons. The molecule has 1 atom stereocenters. The molecule has 8 heteroatoms. The van der Waals surface area contributed by atoms with E-state index in [1.54, 1.807) is 7.11 Å². The summed E-state index contributed by atoms with van der Waals surface area (Å²) in [6.45, 7) is 7.61. The summed E-state index contributed by atoms with van der Waals surface area (Å²) < 4.78 is 5.66. The summed E-state index contributed by atoms with van der Waals surface area (Å²) in [5.41, 5.74) is 1.19. The number of likely N-dealkylation sites (tertiary alicyclic amines) is 2. The molecule has 0 bridgehead atoms. The van der Waals surface area contributed by atoms with Crippen molar-refractivity contribution in [2.45, 2.75) is 45.1 Å². The highest BCUT2D eigenvalue weighted by Crippen LogP contribution is 2.30. The number of guanidine groups is 1. The quantitative estimate of drug-likeness (QED) is 0.300. The number of nitrogens with zero attached hydrogens (tertiary/aromatic N) is 3. The average Bonchev–Trinajstić information content (AvgIpc) is 3.33. The van der Waals surface area contributed by atoms with Crippen LogP contribution in [0.5, 0.6) is 5.75 Å². The van der Waals surface area contributed by atoms with Crippen LogP contribution in [-0.4, -0.2) is 74.6 Å². The first-order valence-electron chi connectivity index (χ1n) is 11.4. The van der Waals surface area contributed by atoms with E-state index in [1.165, 1.54) is 24.8 Å². The Morgan fingerprint density at radius 3 is 2.42 bits per heavy atom. The second kappa shape index (κ2) is 13.8. The van der Waals surface area contributed by atoms with E-state index in [9.17, 15) is 4.79 Å². The normalized spacial score (nSPS) is 18.3. The zero-order valence-corrected chi connectivity index (χ0v) is 21.3. The fourth-order valence-electron chi connectivity index (χ4n) is 4.36.